The van der Waals surface area contributed by atoms with E-state index in [1.54, 1.807) is 24.0 Å². The molecule has 1 unspecified atom stereocenters. The molecular formula is C16H18N4S. The van der Waals surface area contributed by atoms with Gasteiger partial charge in [-0.2, -0.15) is 5.10 Å². The number of hydrogen-bond acceptors (Lipinski definition) is 4. The first-order chi connectivity index (χ1) is 10.3. The van der Waals surface area contributed by atoms with Crippen LogP contribution >= 0.6 is 11.3 Å². The molecule has 0 aliphatic heterocycles. The van der Waals surface area contributed by atoms with Crippen molar-refractivity contribution in [3.63, 3.8) is 0 Å². The Morgan fingerprint density at radius 2 is 2.24 bits per heavy atom. The largest absolute Gasteiger partial charge is 0.377 e. The van der Waals surface area contributed by atoms with Crippen molar-refractivity contribution in [3.05, 3.63) is 64.9 Å². The van der Waals surface area contributed by atoms with E-state index in [0.29, 0.717) is 6.04 Å². The Labute approximate surface area is 128 Å². The lowest BCUT2D eigenvalue weighted by Gasteiger charge is -2.17. The van der Waals surface area contributed by atoms with E-state index in [2.05, 4.69) is 64.1 Å². The summed E-state index contributed by atoms with van der Waals surface area (Å²) in [5, 5.41) is 9.89. The van der Waals surface area contributed by atoms with E-state index in [1.165, 1.54) is 10.4 Å². The standard InChI is InChI=1S/C16H18N4S/c1-2-15(16-7-4-8-21-16)19-14-6-3-5-13(9-14)10-20-12-17-11-18-20/h3-9,11-12,15,19H,2,10H2,1H3. The van der Waals surface area contributed by atoms with E-state index in [9.17, 15) is 0 Å². The summed E-state index contributed by atoms with van der Waals surface area (Å²) in [5.41, 5.74) is 2.36. The molecule has 2 heterocycles. The number of aromatic nitrogens is 3. The van der Waals surface area contributed by atoms with E-state index in [-0.39, 0.29) is 0 Å². The molecule has 21 heavy (non-hydrogen) atoms. The highest BCUT2D eigenvalue weighted by molar-refractivity contribution is 7.10. The Kier molecular flexibility index (Phi) is 4.31. The second-order valence-electron chi connectivity index (χ2n) is 4.91. The Hall–Kier alpha value is -2.14. The molecule has 0 fully saturated rings. The highest BCUT2D eigenvalue weighted by Crippen LogP contribution is 2.26. The van der Waals surface area contributed by atoms with Gasteiger partial charge in [-0.25, -0.2) is 9.67 Å². The average molecular weight is 298 g/mol. The van der Waals surface area contributed by atoms with Crippen molar-refractivity contribution < 1.29 is 0 Å². The van der Waals surface area contributed by atoms with Gasteiger partial charge in [0.2, 0.25) is 0 Å². The van der Waals surface area contributed by atoms with E-state index in [1.807, 2.05) is 4.68 Å². The molecule has 1 aromatic carbocycles. The predicted octanol–water partition coefficient (Wildman–Crippen LogP) is 3.95. The van der Waals surface area contributed by atoms with Gasteiger partial charge in [-0.05, 0) is 35.6 Å². The van der Waals surface area contributed by atoms with Crippen LogP contribution in [0.4, 0.5) is 5.69 Å². The first-order valence-electron chi connectivity index (χ1n) is 7.06. The van der Waals surface area contributed by atoms with Crippen LogP contribution in [0, 0.1) is 0 Å². The SMILES string of the molecule is CCC(Nc1cccc(Cn2cncn2)c1)c1cccs1. The topological polar surface area (TPSA) is 42.7 Å². The molecule has 3 aromatic rings. The van der Waals surface area contributed by atoms with Crippen LogP contribution in [-0.4, -0.2) is 14.8 Å². The van der Waals surface area contributed by atoms with Crippen LogP contribution in [0.1, 0.15) is 29.8 Å². The van der Waals surface area contributed by atoms with Crippen LogP contribution < -0.4 is 5.32 Å². The predicted molar refractivity (Wildman–Crippen MR) is 86.5 cm³/mol. The Morgan fingerprint density at radius 1 is 1.29 bits per heavy atom. The first kappa shape index (κ1) is 13.8. The molecule has 1 atom stereocenters. The third-order valence-corrected chi connectivity index (χ3v) is 4.36. The zero-order valence-corrected chi connectivity index (χ0v) is 12.8. The van der Waals surface area contributed by atoms with Crippen LogP contribution in [0.15, 0.2) is 54.4 Å². The van der Waals surface area contributed by atoms with Crippen molar-refractivity contribution in [1.29, 1.82) is 0 Å². The molecule has 0 bridgehead atoms. The van der Waals surface area contributed by atoms with Crippen molar-refractivity contribution in [3.8, 4) is 0 Å². The Morgan fingerprint density at radius 3 is 2.95 bits per heavy atom. The molecule has 0 radical (unpaired) electrons. The minimum absolute atomic E-state index is 0.367. The molecule has 0 aliphatic carbocycles. The van der Waals surface area contributed by atoms with Gasteiger partial charge < -0.3 is 5.32 Å². The fourth-order valence-electron chi connectivity index (χ4n) is 2.33. The van der Waals surface area contributed by atoms with Gasteiger partial charge in [-0.1, -0.05) is 25.1 Å². The van der Waals surface area contributed by atoms with Crippen molar-refractivity contribution in [2.45, 2.75) is 25.9 Å². The molecule has 1 N–H and O–H groups in total. The molecular weight excluding hydrogens is 280 g/mol. The number of hydrogen-bond donors (Lipinski definition) is 1. The molecule has 5 heteroatoms. The van der Waals surface area contributed by atoms with Gasteiger partial charge in [0.1, 0.15) is 12.7 Å². The number of nitrogens with one attached hydrogen (secondary N) is 1. The van der Waals surface area contributed by atoms with Gasteiger partial charge in [0.15, 0.2) is 0 Å². The summed E-state index contributed by atoms with van der Waals surface area (Å²) in [7, 11) is 0. The number of thiophene rings is 1. The maximum absolute atomic E-state index is 4.15. The van der Waals surface area contributed by atoms with Gasteiger partial charge in [-0.3, -0.25) is 0 Å². The van der Waals surface area contributed by atoms with Crippen LogP contribution in [0.5, 0.6) is 0 Å². The molecule has 2 aromatic heterocycles. The van der Waals surface area contributed by atoms with Gasteiger partial charge in [0.05, 0.1) is 12.6 Å². The Bertz CT molecular complexity index is 661. The summed E-state index contributed by atoms with van der Waals surface area (Å²) >= 11 is 1.80. The fourth-order valence-corrected chi connectivity index (χ4v) is 3.19. The third kappa shape index (κ3) is 3.49. The van der Waals surface area contributed by atoms with Crippen LogP contribution in [-0.2, 0) is 6.54 Å². The maximum Gasteiger partial charge on any atom is 0.137 e. The summed E-state index contributed by atoms with van der Waals surface area (Å²) in [6, 6.07) is 13.1. The highest BCUT2D eigenvalue weighted by atomic mass is 32.1. The first-order valence-corrected chi connectivity index (χ1v) is 7.94. The molecule has 4 nitrogen and oxygen atoms in total. The zero-order valence-electron chi connectivity index (χ0n) is 11.9. The summed E-state index contributed by atoms with van der Waals surface area (Å²) in [5.74, 6) is 0. The van der Waals surface area contributed by atoms with Gasteiger partial charge in [0.25, 0.3) is 0 Å². The number of nitrogens with zero attached hydrogens (tertiary/aromatic N) is 3. The van der Waals surface area contributed by atoms with Gasteiger partial charge in [0, 0.05) is 10.6 Å². The van der Waals surface area contributed by atoms with Crippen LogP contribution in [0.2, 0.25) is 0 Å². The molecule has 0 saturated carbocycles. The number of rotatable bonds is 6. The Balaban J connectivity index is 1.73. The summed E-state index contributed by atoms with van der Waals surface area (Å²) < 4.78 is 1.83. The number of benzene rings is 1. The van der Waals surface area contributed by atoms with E-state index in [4.69, 9.17) is 0 Å². The van der Waals surface area contributed by atoms with Crippen molar-refractivity contribution in [1.82, 2.24) is 14.8 Å². The summed E-state index contributed by atoms with van der Waals surface area (Å²) in [6.45, 7) is 2.95. The second-order valence-corrected chi connectivity index (χ2v) is 5.89. The molecule has 0 spiro atoms. The van der Waals surface area contributed by atoms with Crippen molar-refractivity contribution in [2.75, 3.05) is 5.32 Å². The highest BCUT2D eigenvalue weighted by Gasteiger charge is 2.10. The minimum Gasteiger partial charge on any atom is -0.377 e. The minimum atomic E-state index is 0.367. The van der Waals surface area contributed by atoms with E-state index in [0.717, 1.165) is 18.7 Å². The summed E-state index contributed by atoms with van der Waals surface area (Å²) in [4.78, 5) is 5.35. The lowest BCUT2D eigenvalue weighted by Crippen LogP contribution is -2.08. The lowest BCUT2D eigenvalue weighted by molar-refractivity contribution is 0.684. The zero-order chi connectivity index (χ0) is 14.5. The van der Waals surface area contributed by atoms with Crippen LogP contribution in [0.25, 0.3) is 0 Å². The van der Waals surface area contributed by atoms with Crippen molar-refractivity contribution >= 4 is 17.0 Å². The molecule has 3 rings (SSSR count). The fraction of sp³-hybridized carbons (Fsp3) is 0.250. The lowest BCUT2D eigenvalue weighted by atomic mass is 10.1. The van der Waals surface area contributed by atoms with Crippen LogP contribution in [0.3, 0.4) is 0 Å². The monoisotopic (exact) mass is 298 g/mol. The molecule has 0 amide bonds. The van der Waals surface area contributed by atoms with E-state index >= 15 is 0 Å². The molecule has 0 aliphatic rings. The van der Waals surface area contributed by atoms with E-state index < -0.39 is 0 Å². The molecule has 0 saturated heterocycles. The third-order valence-electron chi connectivity index (χ3n) is 3.37. The smallest absolute Gasteiger partial charge is 0.137 e. The number of anilines is 1. The van der Waals surface area contributed by atoms with Gasteiger partial charge >= 0.3 is 0 Å². The summed E-state index contributed by atoms with van der Waals surface area (Å²) in [6.07, 6.45) is 4.36. The van der Waals surface area contributed by atoms with Crippen molar-refractivity contribution in [2.24, 2.45) is 0 Å². The quantitative estimate of drug-likeness (QED) is 0.749. The normalized spacial score (nSPS) is 12.2. The second kappa shape index (κ2) is 6.54. The van der Waals surface area contributed by atoms with Gasteiger partial charge in [-0.15, -0.1) is 11.3 Å². The maximum atomic E-state index is 4.15. The average Bonchev–Trinajstić information content (AvgIpc) is 3.18. The molecule has 108 valence electrons.